The van der Waals surface area contributed by atoms with Gasteiger partial charge >= 0.3 is 5.97 Å². The van der Waals surface area contributed by atoms with Crippen LogP contribution < -0.4 is 0 Å². The Labute approximate surface area is 131 Å². The van der Waals surface area contributed by atoms with Crippen molar-refractivity contribution in [1.29, 1.82) is 0 Å². The van der Waals surface area contributed by atoms with Crippen LogP contribution in [-0.2, 0) is 6.54 Å². The summed E-state index contributed by atoms with van der Waals surface area (Å²) < 4.78 is 0. The van der Waals surface area contributed by atoms with Gasteiger partial charge in [0.15, 0.2) is 0 Å². The molecule has 1 N–H and O–H groups in total. The van der Waals surface area contributed by atoms with Crippen molar-refractivity contribution < 1.29 is 9.90 Å². The highest BCUT2D eigenvalue weighted by atomic mass is 32.1. The van der Waals surface area contributed by atoms with Crippen LogP contribution in [0.4, 0.5) is 0 Å². The smallest absolute Gasteiger partial charge is 0.347 e. The second-order valence-electron chi connectivity index (χ2n) is 5.88. The van der Waals surface area contributed by atoms with Crippen molar-refractivity contribution in [2.24, 2.45) is 0 Å². The summed E-state index contributed by atoms with van der Waals surface area (Å²) in [5.74, 6) is -0.407. The van der Waals surface area contributed by atoms with Crippen LogP contribution in [0, 0.1) is 0 Å². The van der Waals surface area contributed by atoms with Gasteiger partial charge in [0.2, 0.25) is 0 Å². The van der Waals surface area contributed by atoms with E-state index in [1.165, 1.54) is 37.0 Å². The summed E-state index contributed by atoms with van der Waals surface area (Å²) in [7, 11) is 0. The van der Waals surface area contributed by atoms with Crippen molar-refractivity contribution in [3.63, 3.8) is 0 Å². The molecule has 118 valence electrons. The molecule has 1 saturated carbocycles. The fourth-order valence-corrected chi connectivity index (χ4v) is 3.49. The molecular weight excluding hydrogens is 284 g/mol. The number of aromatic carboxylic acids is 1. The second kappa shape index (κ2) is 7.90. The number of rotatable bonds is 10. The molecule has 0 bridgehead atoms. The molecule has 0 amide bonds. The van der Waals surface area contributed by atoms with Gasteiger partial charge in [-0.2, -0.15) is 0 Å². The molecule has 0 aromatic carbocycles. The van der Waals surface area contributed by atoms with Gasteiger partial charge in [-0.3, -0.25) is 4.90 Å². The zero-order chi connectivity index (χ0) is 15.2. The van der Waals surface area contributed by atoms with Gasteiger partial charge in [0.1, 0.15) is 9.88 Å². The molecule has 1 aromatic heterocycles. The molecule has 4 nitrogen and oxygen atoms in total. The maximum Gasteiger partial charge on any atom is 0.347 e. The minimum absolute atomic E-state index is 0.404. The van der Waals surface area contributed by atoms with Crippen LogP contribution in [0.15, 0.2) is 0 Å². The first-order chi connectivity index (χ1) is 10.2. The maximum absolute atomic E-state index is 11.4. The highest BCUT2D eigenvalue weighted by Crippen LogP contribution is 2.42. The van der Waals surface area contributed by atoms with E-state index in [0.717, 1.165) is 43.2 Å². The Hall–Kier alpha value is -0.940. The number of hydrogen-bond acceptors (Lipinski definition) is 4. The third-order valence-electron chi connectivity index (χ3n) is 3.87. The van der Waals surface area contributed by atoms with Gasteiger partial charge < -0.3 is 5.11 Å². The van der Waals surface area contributed by atoms with Crippen molar-refractivity contribution in [3.05, 3.63) is 15.6 Å². The molecule has 2 rings (SSSR count). The molecule has 1 heterocycles. The zero-order valence-corrected chi connectivity index (χ0v) is 13.9. The molecule has 0 spiro atoms. The van der Waals surface area contributed by atoms with Gasteiger partial charge in [-0.05, 0) is 38.8 Å². The van der Waals surface area contributed by atoms with Crippen molar-refractivity contribution in [1.82, 2.24) is 9.88 Å². The molecule has 1 aliphatic carbocycles. The molecule has 0 radical (unpaired) electrons. The molecular formula is C16H26N2O2S. The van der Waals surface area contributed by atoms with Gasteiger partial charge in [-0.25, -0.2) is 9.78 Å². The SMILES string of the molecule is CCCCN(CCCC)Cc1nc(C2CC2)c(C(=O)O)s1. The molecule has 0 atom stereocenters. The van der Waals surface area contributed by atoms with Crippen LogP contribution in [0.5, 0.6) is 0 Å². The van der Waals surface area contributed by atoms with E-state index in [9.17, 15) is 9.90 Å². The number of unbranched alkanes of at least 4 members (excludes halogenated alkanes) is 2. The topological polar surface area (TPSA) is 53.4 Å². The van der Waals surface area contributed by atoms with E-state index in [4.69, 9.17) is 0 Å². The first-order valence-electron chi connectivity index (χ1n) is 8.10. The van der Waals surface area contributed by atoms with E-state index < -0.39 is 5.97 Å². The number of carboxylic acid groups (broad SMARTS) is 1. The Bertz CT molecular complexity index is 461. The molecule has 0 unspecified atom stereocenters. The lowest BCUT2D eigenvalue weighted by Gasteiger charge is -2.20. The summed E-state index contributed by atoms with van der Waals surface area (Å²) >= 11 is 1.38. The van der Waals surface area contributed by atoms with Gasteiger partial charge in [0, 0.05) is 5.92 Å². The van der Waals surface area contributed by atoms with Crippen LogP contribution in [0.3, 0.4) is 0 Å². The van der Waals surface area contributed by atoms with Crippen LogP contribution in [0.2, 0.25) is 0 Å². The van der Waals surface area contributed by atoms with Crippen molar-refractivity contribution in [2.75, 3.05) is 13.1 Å². The monoisotopic (exact) mass is 310 g/mol. The van der Waals surface area contributed by atoms with Crippen LogP contribution in [0.1, 0.15) is 78.7 Å². The normalized spacial score (nSPS) is 14.8. The molecule has 21 heavy (non-hydrogen) atoms. The average molecular weight is 310 g/mol. The largest absolute Gasteiger partial charge is 0.477 e. The van der Waals surface area contributed by atoms with Crippen molar-refractivity contribution in [3.8, 4) is 0 Å². The summed E-state index contributed by atoms with van der Waals surface area (Å²) in [6.45, 7) is 7.37. The lowest BCUT2D eigenvalue weighted by atomic mass is 10.2. The van der Waals surface area contributed by atoms with Crippen LogP contribution in [0.25, 0.3) is 0 Å². The minimum atomic E-state index is -0.811. The third kappa shape index (κ3) is 4.78. The third-order valence-corrected chi connectivity index (χ3v) is 4.91. The number of carboxylic acids is 1. The van der Waals surface area contributed by atoms with Gasteiger partial charge in [0.25, 0.3) is 0 Å². The Kier molecular flexibility index (Phi) is 6.18. The molecule has 1 aromatic rings. The zero-order valence-electron chi connectivity index (χ0n) is 13.1. The summed E-state index contributed by atoms with van der Waals surface area (Å²) in [6, 6.07) is 0. The molecule has 5 heteroatoms. The number of nitrogens with zero attached hydrogens (tertiary/aromatic N) is 2. The number of aromatic nitrogens is 1. The van der Waals surface area contributed by atoms with Crippen molar-refractivity contribution >= 4 is 17.3 Å². The first kappa shape index (κ1) is 16.4. The molecule has 1 fully saturated rings. The highest BCUT2D eigenvalue weighted by molar-refractivity contribution is 7.13. The predicted molar refractivity (Wildman–Crippen MR) is 86.1 cm³/mol. The summed E-state index contributed by atoms with van der Waals surface area (Å²) in [4.78, 5) is 18.9. The molecule has 1 aliphatic rings. The van der Waals surface area contributed by atoms with Crippen molar-refractivity contribution in [2.45, 2.75) is 64.8 Å². The maximum atomic E-state index is 11.4. The van der Waals surface area contributed by atoms with E-state index in [1.54, 1.807) is 0 Å². The van der Waals surface area contributed by atoms with E-state index in [0.29, 0.717) is 10.8 Å². The lowest BCUT2D eigenvalue weighted by Crippen LogP contribution is -2.25. The predicted octanol–water partition coefficient (Wildman–Crippen LogP) is 4.12. The van der Waals surface area contributed by atoms with Gasteiger partial charge in [-0.15, -0.1) is 11.3 Å². The Morgan fingerprint density at radius 1 is 1.29 bits per heavy atom. The second-order valence-corrected chi connectivity index (χ2v) is 6.97. The van der Waals surface area contributed by atoms with E-state index >= 15 is 0 Å². The Balaban J connectivity index is 2.04. The van der Waals surface area contributed by atoms with E-state index in [-0.39, 0.29) is 0 Å². The summed E-state index contributed by atoms with van der Waals surface area (Å²) in [5, 5.41) is 10.3. The van der Waals surface area contributed by atoms with E-state index in [1.807, 2.05) is 0 Å². The summed E-state index contributed by atoms with van der Waals surface area (Å²) in [6.07, 6.45) is 6.95. The highest BCUT2D eigenvalue weighted by Gasteiger charge is 2.32. The van der Waals surface area contributed by atoms with Crippen LogP contribution in [-0.4, -0.2) is 34.0 Å². The molecule has 0 saturated heterocycles. The fraction of sp³-hybridized carbons (Fsp3) is 0.750. The van der Waals surface area contributed by atoms with E-state index in [2.05, 4.69) is 23.7 Å². The number of carbonyl (C=O) groups is 1. The average Bonchev–Trinajstić information content (AvgIpc) is 3.22. The first-order valence-corrected chi connectivity index (χ1v) is 8.92. The summed E-state index contributed by atoms with van der Waals surface area (Å²) in [5.41, 5.74) is 0.841. The van der Waals surface area contributed by atoms with Gasteiger partial charge in [0.05, 0.1) is 12.2 Å². The lowest BCUT2D eigenvalue weighted by molar-refractivity contribution is 0.0700. The standard InChI is InChI=1S/C16H26N2O2S/c1-3-5-9-18(10-6-4-2)11-13-17-14(12-7-8-12)15(21-13)16(19)20/h12H,3-11H2,1-2H3,(H,19,20). The number of hydrogen-bond donors (Lipinski definition) is 1. The van der Waals surface area contributed by atoms with Crippen LogP contribution >= 0.6 is 11.3 Å². The number of thiazole rings is 1. The minimum Gasteiger partial charge on any atom is -0.477 e. The quantitative estimate of drug-likeness (QED) is 0.706. The fourth-order valence-electron chi connectivity index (χ4n) is 2.46. The van der Waals surface area contributed by atoms with Gasteiger partial charge in [-0.1, -0.05) is 26.7 Å². The molecule has 0 aliphatic heterocycles. The Morgan fingerprint density at radius 3 is 2.38 bits per heavy atom. The Morgan fingerprint density at radius 2 is 1.90 bits per heavy atom.